The molecule has 0 saturated carbocycles. The van der Waals surface area contributed by atoms with E-state index in [1.807, 2.05) is 18.2 Å². The summed E-state index contributed by atoms with van der Waals surface area (Å²) in [7, 11) is 0. The summed E-state index contributed by atoms with van der Waals surface area (Å²) >= 11 is 0. The van der Waals surface area contributed by atoms with E-state index < -0.39 is 0 Å². The highest BCUT2D eigenvalue weighted by molar-refractivity contribution is 5.11. The molecule has 0 aliphatic carbocycles. The van der Waals surface area contributed by atoms with Gasteiger partial charge in [-0.05, 0) is 30.9 Å². The van der Waals surface area contributed by atoms with Gasteiger partial charge < -0.3 is 10.8 Å². The zero-order chi connectivity index (χ0) is 12.0. The van der Waals surface area contributed by atoms with Gasteiger partial charge in [-0.25, -0.2) is 0 Å². The lowest BCUT2D eigenvalue weighted by atomic mass is 9.92. The summed E-state index contributed by atoms with van der Waals surface area (Å²) in [5.41, 5.74) is 6.60. The van der Waals surface area contributed by atoms with E-state index in [9.17, 15) is 5.11 Å². The van der Waals surface area contributed by atoms with Crippen molar-refractivity contribution in [1.82, 2.24) is 4.98 Å². The quantitative estimate of drug-likeness (QED) is 0.773. The Morgan fingerprint density at radius 1 is 1.31 bits per heavy atom. The fourth-order valence-corrected chi connectivity index (χ4v) is 1.78. The van der Waals surface area contributed by atoms with E-state index in [-0.39, 0.29) is 12.0 Å². The molecule has 1 aromatic heterocycles. The second-order valence-corrected chi connectivity index (χ2v) is 4.64. The molecule has 0 saturated heterocycles. The second-order valence-electron chi connectivity index (χ2n) is 4.64. The Morgan fingerprint density at radius 3 is 2.56 bits per heavy atom. The van der Waals surface area contributed by atoms with Gasteiger partial charge in [0.05, 0.1) is 6.10 Å². The van der Waals surface area contributed by atoms with E-state index >= 15 is 0 Å². The molecule has 3 N–H and O–H groups in total. The number of nitrogens with two attached hydrogens (primary N) is 1. The molecule has 0 radical (unpaired) electrons. The van der Waals surface area contributed by atoms with Crippen LogP contribution in [0.2, 0.25) is 0 Å². The molecule has 1 aromatic rings. The standard InChI is InChI=1S/C13H22N2O/c1-10(2)6-7-13(16)11(9-14)12-5-3-4-8-15-12/h3-5,8,10-11,13,16H,6-7,9,14H2,1-2H3. The first-order valence-corrected chi connectivity index (χ1v) is 5.94. The van der Waals surface area contributed by atoms with Crippen molar-refractivity contribution in [1.29, 1.82) is 0 Å². The second kappa shape index (κ2) is 6.61. The lowest BCUT2D eigenvalue weighted by Crippen LogP contribution is -2.27. The van der Waals surface area contributed by atoms with Crippen LogP contribution in [0.4, 0.5) is 0 Å². The number of hydrogen-bond acceptors (Lipinski definition) is 3. The highest BCUT2D eigenvalue weighted by Crippen LogP contribution is 2.21. The Labute approximate surface area is 97.7 Å². The largest absolute Gasteiger partial charge is 0.392 e. The summed E-state index contributed by atoms with van der Waals surface area (Å²) in [5, 5.41) is 10.1. The molecule has 3 nitrogen and oxygen atoms in total. The Balaban J connectivity index is 2.60. The fourth-order valence-electron chi connectivity index (χ4n) is 1.78. The maximum atomic E-state index is 10.1. The van der Waals surface area contributed by atoms with Crippen LogP contribution in [0.3, 0.4) is 0 Å². The number of rotatable bonds is 6. The summed E-state index contributed by atoms with van der Waals surface area (Å²) in [4.78, 5) is 4.26. The maximum absolute atomic E-state index is 10.1. The van der Waals surface area contributed by atoms with Crippen LogP contribution in [-0.4, -0.2) is 22.7 Å². The van der Waals surface area contributed by atoms with Gasteiger partial charge in [0.25, 0.3) is 0 Å². The zero-order valence-electron chi connectivity index (χ0n) is 10.1. The van der Waals surface area contributed by atoms with Crippen LogP contribution in [0.15, 0.2) is 24.4 Å². The van der Waals surface area contributed by atoms with Gasteiger partial charge >= 0.3 is 0 Å². The van der Waals surface area contributed by atoms with Crippen molar-refractivity contribution in [2.45, 2.75) is 38.7 Å². The van der Waals surface area contributed by atoms with E-state index in [4.69, 9.17) is 5.73 Å². The third-order valence-electron chi connectivity index (χ3n) is 2.83. The van der Waals surface area contributed by atoms with Gasteiger partial charge in [-0.2, -0.15) is 0 Å². The van der Waals surface area contributed by atoms with Crippen molar-refractivity contribution in [2.75, 3.05) is 6.54 Å². The first-order valence-electron chi connectivity index (χ1n) is 5.94. The van der Waals surface area contributed by atoms with Crippen molar-refractivity contribution < 1.29 is 5.11 Å². The van der Waals surface area contributed by atoms with Crippen LogP contribution < -0.4 is 5.73 Å². The molecular weight excluding hydrogens is 200 g/mol. The molecule has 16 heavy (non-hydrogen) atoms. The van der Waals surface area contributed by atoms with Crippen molar-refractivity contribution >= 4 is 0 Å². The molecule has 0 fully saturated rings. The van der Waals surface area contributed by atoms with Crippen LogP contribution in [0.25, 0.3) is 0 Å². The van der Waals surface area contributed by atoms with Crippen LogP contribution in [-0.2, 0) is 0 Å². The number of nitrogens with zero attached hydrogens (tertiary/aromatic N) is 1. The van der Waals surface area contributed by atoms with Gasteiger partial charge in [0, 0.05) is 24.4 Å². The maximum Gasteiger partial charge on any atom is 0.0636 e. The Morgan fingerprint density at radius 2 is 2.06 bits per heavy atom. The summed E-state index contributed by atoms with van der Waals surface area (Å²) in [5.74, 6) is 0.566. The Kier molecular flexibility index (Phi) is 5.43. The van der Waals surface area contributed by atoms with Gasteiger partial charge in [0.15, 0.2) is 0 Å². The minimum absolute atomic E-state index is 0.0417. The van der Waals surface area contributed by atoms with Crippen molar-refractivity contribution in [3.05, 3.63) is 30.1 Å². The molecule has 0 aliphatic rings. The summed E-state index contributed by atoms with van der Waals surface area (Å²) < 4.78 is 0. The SMILES string of the molecule is CC(C)CCC(O)C(CN)c1ccccn1. The van der Waals surface area contributed by atoms with E-state index in [0.717, 1.165) is 18.5 Å². The minimum atomic E-state index is -0.387. The fraction of sp³-hybridized carbons (Fsp3) is 0.615. The molecule has 3 heteroatoms. The smallest absolute Gasteiger partial charge is 0.0636 e. The average molecular weight is 222 g/mol. The minimum Gasteiger partial charge on any atom is -0.392 e. The number of aliphatic hydroxyl groups is 1. The predicted molar refractivity (Wildman–Crippen MR) is 66.1 cm³/mol. The Bertz CT molecular complexity index is 287. The number of pyridine rings is 1. The molecule has 90 valence electrons. The van der Waals surface area contributed by atoms with E-state index in [1.165, 1.54) is 0 Å². The lowest BCUT2D eigenvalue weighted by Gasteiger charge is -2.21. The zero-order valence-corrected chi connectivity index (χ0v) is 10.1. The molecule has 0 amide bonds. The summed E-state index contributed by atoms with van der Waals surface area (Å²) in [6, 6.07) is 5.73. The molecular formula is C13H22N2O. The first-order chi connectivity index (χ1) is 7.65. The van der Waals surface area contributed by atoms with Crippen LogP contribution in [0.5, 0.6) is 0 Å². The monoisotopic (exact) mass is 222 g/mol. The molecule has 0 bridgehead atoms. The molecule has 0 spiro atoms. The molecule has 2 unspecified atom stereocenters. The molecule has 0 aromatic carbocycles. The van der Waals surface area contributed by atoms with Crippen molar-refractivity contribution in [3.63, 3.8) is 0 Å². The van der Waals surface area contributed by atoms with Crippen molar-refractivity contribution in [3.8, 4) is 0 Å². The van der Waals surface area contributed by atoms with Crippen LogP contribution in [0.1, 0.15) is 38.3 Å². The predicted octanol–water partition coefficient (Wildman–Crippen LogP) is 1.92. The molecule has 0 aliphatic heterocycles. The third kappa shape index (κ3) is 3.91. The van der Waals surface area contributed by atoms with Gasteiger partial charge in [-0.3, -0.25) is 4.98 Å². The number of aliphatic hydroxyl groups excluding tert-OH is 1. The van der Waals surface area contributed by atoms with Crippen LogP contribution in [0, 0.1) is 5.92 Å². The highest BCUT2D eigenvalue weighted by Gasteiger charge is 2.20. The summed E-state index contributed by atoms with van der Waals surface area (Å²) in [6.07, 6.45) is 3.16. The normalized spacial score (nSPS) is 15.1. The Hall–Kier alpha value is -0.930. The van der Waals surface area contributed by atoms with Crippen LogP contribution >= 0.6 is 0 Å². The van der Waals surface area contributed by atoms with Gasteiger partial charge in [-0.1, -0.05) is 19.9 Å². The molecule has 1 rings (SSSR count). The van der Waals surface area contributed by atoms with Gasteiger partial charge in [-0.15, -0.1) is 0 Å². The number of aromatic nitrogens is 1. The third-order valence-corrected chi connectivity index (χ3v) is 2.83. The van der Waals surface area contributed by atoms with E-state index in [0.29, 0.717) is 12.5 Å². The lowest BCUT2D eigenvalue weighted by molar-refractivity contribution is 0.127. The number of hydrogen-bond donors (Lipinski definition) is 2. The average Bonchev–Trinajstić information content (AvgIpc) is 2.29. The van der Waals surface area contributed by atoms with Crippen molar-refractivity contribution in [2.24, 2.45) is 11.7 Å². The summed E-state index contributed by atoms with van der Waals surface area (Å²) in [6.45, 7) is 4.76. The topological polar surface area (TPSA) is 59.1 Å². The van der Waals surface area contributed by atoms with E-state index in [2.05, 4.69) is 18.8 Å². The molecule has 1 heterocycles. The first kappa shape index (κ1) is 13.1. The van der Waals surface area contributed by atoms with Gasteiger partial charge in [0.1, 0.15) is 0 Å². The molecule has 2 atom stereocenters. The van der Waals surface area contributed by atoms with E-state index in [1.54, 1.807) is 6.20 Å². The highest BCUT2D eigenvalue weighted by atomic mass is 16.3. The van der Waals surface area contributed by atoms with Gasteiger partial charge in [0.2, 0.25) is 0 Å².